The summed E-state index contributed by atoms with van der Waals surface area (Å²) in [6, 6.07) is 34.6. The third-order valence-electron chi connectivity index (χ3n) is 11.2. The monoisotopic (exact) mass is 846 g/mol. The van der Waals surface area contributed by atoms with Crippen molar-refractivity contribution >= 4 is 70.2 Å². The first-order chi connectivity index (χ1) is 31.1. The van der Waals surface area contributed by atoms with Crippen molar-refractivity contribution in [3.63, 3.8) is 0 Å². The topological polar surface area (TPSA) is 196 Å². The number of nitrogens with zero attached hydrogens (tertiary/aromatic N) is 2. The molecule has 4 aromatic carbocycles. The Balaban J connectivity index is 1.38. The summed E-state index contributed by atoms with van der Waals surface area (Å²) in [4.78, 5) is 66.3. The Hall–Kier alpha value is -8.64. The van der Waals surface area contributed by atoms with E-state index in [1.807, 2.05) is 67.6 Å². The summed E-state index contributed by atoms with van der Waals surface area (Å²) < 4.78 is 5.48. The maximum absolute atomic E-state index is 12.9. The van der Waals surface area contributed by atoms with Gasteiger partial charge in [-0.15, -0.1) is 0 Å². The lowest BCUT2D eigenvalue weighted by Crippen LogP contribution is -2.06. The van der Waals surface area contributed by atoms with E-state index in [0.29, 0.717) is 90.4 Å². The van der Waals surface area contributed by atoms with Gasteiger partial charge in [0.25, 0.3) is 0 Å². The minimum absolute atomic E-state index is 0.124. The van der Waals surface area contributed by atoms with Gasteiger partial charge in [0.2, 0.25) is 0 Å². The second-order valence-corrected chi connectivity index (χ2v) is 15.2. The predicted molar refractivity (Wildman–Crippen MR) is 247 cm³/mol. The highest BCUT2D eigenvalue weighted by Gasteiger charge is 2.20. The van der Waals surface area contributed by atoms with Crippen LogP contribution in [0.25, 0.3) is 90.9 Å². The number of carboxylic acid groups (broad SMARTS) is 3. The van der Waals surface area contributed by atoms with E-state index < -0.39 is 23.9 Å². The first kappa shape index (κ1) is 40.7. The second-order valence-electron chi connectivity index (χ2n) is 15.2. The SMILES string of the molecule is CCCCOC(=O)c1ccc(-c2c3nc(c(-c4ccc(C(=O)O)cc4)c4ccc([nH]4)c(-c4ccc(C(=O)O)cc4)c4nc(c(-c5ccc(C(=O)O)cc5)c5ccc2[nH]5)C=C4)C=C3)cc1. The van der Waals surface area contributed by atoms with Crippen molar-refractivity contribution in [2.24, 2.45) is 0 Å². The van der Waals surface area contributed by atoms with Crippen LogP contribution in [0.15, 0.2) is 121 Å². The molecule has 0 fully saturated rings. The highest BCUT2D eigenvalue weighted by Crippen LogP contribution is 2.39. The largest absolute Gasteiger partial charge is 0.478 e. The number of H-pyrrole nitrogens is 2. The molecule has 64 heavy (non-hydrogen) atoms. The number of carbonyl (C=O) groups is 4. The lowest BCUT2D eigenvalue weighted by molar-refractivity contribution is 0.0498. The summed E-state index contributed by atoms with van der Waals surface area (Å²) in [7, 11) is 0. The van der Waals surface area contributed by atoms with Crippen LogP contribution in [-0.2, 0) is 4.74 Å². The maximum Gasteiger partial charge on any atom is 0.338 e. The highest BCUT2D eigenvalue weighted by molar-refractivity contribution is 6.01. The van der Waals surface area contributed by atoms with E-state index in [1.165, 1.54) is 12.1 Å². The third-order valence-corrected chi connectivity index (χ3v) is 11.2. The number of benzene rings is 4. The zero-order valence-corrected chi connectivity index (χ0v) is 34.3. The lowest BCUT2D eigenvalue weighted by atomic mass is 10.0. The second kappa shape index (κ2) is 17.0. The lowest BCUT2D eigenvalue weighted by Gasteiger charge is -2.08. The average Bonchev–Trinajstić information content (AvgIpc) is 4.16. The number of carbonyl (C=O) groups excluding carboxylic acids is 1. The Morgan fingerprint density at radius 3 is 0.984 bits per heavy atom. The molecule has 0 aliphatic carbocycles. The van der Waals surface area contributed by atoms with Gasteiger partial charge in [-0.2, -0.15) is 0 Å². The van der Waals surface area contributed by atoms with Gasteiger partial charge in [0.05, 0.1) is 51.6 Å². The maximum atomic E-state index is 12.9. The van der Waals surface area contributed by atoms with E-state index in [0.717, 1.165) is 24.0 Å². The number of aromatic carboxylic acids is 3. The van der Waals surface area contributed by atoms with Crippen molar-refractivity contribution in [2.45, 2.75) is 19.8 Å². The molecule has 8 bridgehead atoms. The molecule has 0 radical (unpaired) electrons. The summed E-state index contributed by atoms with van der Waals surface area (Å²) in [6.07, 6.45) is 9.25. The quantitative estimate of drug-likeness (QED) is 0.0617. The van der Waals surface area contributed by atoms with E-state index >= 15 is 0 Å². The number of ether oxygens (including phenoxy) is 1. The average molecular weight is 847 g/mol. The number of hydrogen-bond donors (Lipinski definition) is 5. The molecule has 0 spiro atoms. The summed E-state index contributed by atoms with van der Waals surface area (Å²) in [5.41, 5.74) is 11.5. The van der Waals surface area contributed by atoms with Gasteiger partial charge in [-0.25, -0.2) is 29.1 Å². The number of carboxylic acids is 3. The molecular formula is C52H38N4O8. The number of aromatic nitrogens is 4. The third kappa shape index (κ3) is 7.87. The van der Waals surface area contributed by atoms with Crippen molar-refractivity contribution in [2.75, 3.05) is 6.61 Å². The molecule has 5 N–H and O–H groups in total. The van der Waals surface area contributed by atoms with Gasteiger partial charge in [-0.3, -0.25) is 0 Å². The molecule has 314 valence electrons. The summed E-state index contributed by atoms with van der Waals surface area (Å²) in [5.74, 6) is -3.58. The summed E-state index contributed by atoms with van der Waals surface area (Å²) >= 11 is 0. The Morgan fingerprint density at radius 2 is 0.719 bits per heavy atom. The Bertz CT molecular complexity index is 3190. The zero-order valence-electron chi connectivity index (χ0n) is 34.3. The molecule has 7 aromatic rings. The number of unbranched alkanes of at least 4 members (excludes halogenated alkanes) is 1. The molecule has 2 aliphatic rings. The first-order valence-electron chi connectivity index (χ1n) is 20.5. The highest BCUT2D eigenvalue weighted by atomic mass is 16.5. The molecular weight excluding hydrogens is 809 g/mol. The molecule has 9 rings (SSSR count). The standard InChI is InChI=1S/C52H38N4O8/c1-2-3-28-64-52(63)36-18-10-32(11-19-36)48-43-26-24-41(55-43)46(30-6-14-34(15-7-30)50(59)60)39-22-20-37(53-39)45(29-4-12-33(13-5-29)49(57)58)38-21-23-40(54-38)47(42-25-27-44(48)56-42)31-8-16-35(17-9-31)51(61)62/h4-27,53,56H,2-3,28H2,1H3,(H,57,58)(H,59,60)(H,61,62). The number of aromatic amines is 2. The summed E-state index contributed by atoms with van der Waals surface area (Å²) in [5, 5.41) is 29.2. The Kier molecular flexibility index (Phi) is 10.8. The fourth-order valence-corrected chi connectivity index (χ4v) is 7.92. The molecule has 0 amide bonds. The Labute approximate surface area is 365 Å². The van der Waals surface area contributed by atoms with Crippen molar-refractivity contribution in [3.05, 3.63) is 166 Å². The Morgan fingerprint density at radius 1 is 0.438 bits per heavy atom. The molecule has 0 saturated heterocycles. The predicted octanol–water partition coefficient (Wildman–Crippen LogP) is 11.4. The molecule has 12 nitrogen and oxygen atoms in total. The molecule has 2 aliphatic heterocycles. The number of nitrogens with one attached hydrogen (secondary N) is 2. The fraction of sp³-hybridized carbons (Fsp3) is 0.0769. The molecule has 0 saturated carbocycles. The molecule has 3 aromatic heterocycles. The number of rotatable bonds is 11. The van der Waals surface area contributed by atoms with Crippen LogP contribution in [0.1, 0.15) is 84.0 Å². The van der Waals surface area contributed by atoms with E-state index in [1.54, 1.807) is 72.8 Å². The van der Waals surface area contributed by atoms with Crippen LogP contribution in [0.3, 0.4) is 0 Å². The number of hydrogen-bond acceptors (Lipinski definition) is 7. The van der Waals surface area contributed by atoms with Crippen LogP contribution in [0, 0.1) is 0 Å². The van der Waals surface area contributed by atoms with E-state index in [4.69, 9.17) is 14.7 Å². The first-order valence-corrected chi connectivity index (χ1v) is 20.5. The van der Waals surface area contributed by atoms with Crippen molar-refractivity contribution in [1.29, 1.82) is 0 Å². The van der Waals surface area contributed by atoms with E-state index in [9.17, 15) is 34.5 Å². The molecule has 0 unspecified atom stereocenters. The van der Waals surface area contributed by atoms with Gasteiger partial charge in [0.15, 0.2) is 0 Å². The van der Waals surface area contributed by atoms with Gasteiger partial charge in [0.1, 0.15) is 0 Å². The van der Waals surface area contributed by atoms with E-state index in [2.05, 4.69) is 9.97 Å². The van der Waals surface area contributed by atoms with Gasteiger partial charge < -0.3 is 30.0 Å². The van der Waals surface area contributed by atoms with Gasteiger partial charge in [-0.05, 0) is 126 Å². The normalized spacial score (nSPS) is 11.7. The summed E-state index contributed by atoms with van der Waals surface area (Å²) in [6.45, 7) is 2.36. The van der Waals surface area contributed by atoms with Crippen LogP contribution in [0.5, 0.6) is 0 Å². The fourth-order valence-electron chi connectivity index (χ4n) is 7.92. The van der Waals surface area contributed by atoms with Crippen molar-refractivity contribution < 1.29 is 39.2 Å². The van der Waals surface area contributed by atoms with Gasteiger partial charge in [0, 0.05) is 44.3 Å². The van der Waals surface area contributed by atoms with Gasteiger partial charge in [-0.1, -0.05) is 61.9 Å². The molecule has 0 atom stereocenters. The number of esters is 1. The minimum atomic E-state index is -1.06. The zero-order chi connectivity index (χ0) is 44.5. The van der Waals surface area contributed by atoms with Gasteiger partial charge >= 0.3 is 23.9 Å². The van der Waals surface area contributed by atoms with Crippen LogP contribution < -0.4 is 0 Å². The van der Waals surface area contributed by atoms with Crippen molar-refractivity contribution in [1.82, 2.24) is 19.9 Å². The van der Waals surface area contributed by atoms with Crippen LogP contribution >= 0.6 is 0 Å². The van der Waals surface area contributed by atoms with Crippen molar-refractivity contribution in [3.8, 4) is 44.5 Å². The number of fused-ring (bicyclic) bond motifs is 8. The van der Waals surface area contributed by atoms with E-state index in [-0.39, 0.29) is 16.7 Å². The smallest absolute Gasteiger partial charge is 0.338 e. The van der Waals surface area contributed by atoms with Crippen LogP contribution in [0.4, 0.5) is 0 Å². The van der Waals surface area contributed by atoms with Crippen LogP contribution in [-0.4, -0.2) is 65.7 Å². The molecule has 12 heteroatoms. The molecule has 5 heterocycles. The minimum Gasteiger partial charge on any atom is -0.478 e. The van der Waals surface area contributed by atoms with Crippen LogP contribution in [0.2, 0.25) is 0 Å².